The van der Waals surface area contributed by atoms with E-state index in [1.807, 2.05) is 48.2 Å². The first-order chi connectivity index (χ1) is 18.5. The standard InChI is InChI=1S/C29H32FN5O3/c1-3-9-21(4-2)32-22-10-6-13-25(19-22)38-28-26(30)20-31-29(34-28)33-23-11-5-12-24(18-23)37-17-8-16-35-15-7-14-27(35)36/h4-6,9-13,18-20,32H,2-3,7-8,14-17H2,1H3,(H,31,33,34)/b21-9-. The van der Waals surface area contributed by atoms with Crippen LogP contribution < -0.4 is 20.1 Å². The number of rotatable bonds is 13. The van der Waals surface area contributed by atoms with Gasteiger partial charge in [-0.15, -0.1) is 0 Å². The van der Waals surface area contributed by atoms with E-state index in [-0.39, 0.29) is 17.7 Å². The van der Waals surface area contributed by atoms with Crippen molar-refractivity contribution < 1.29 is 18.7 Å². The maximum atomic E-state index is 14.5. The number of carbonyl (C=O) groups is 1. The van der Waals surface area contributed by atoms with Crippen molar-refractivity contribution in [3.05, 3.63) is 85.0 Å². The van der Waals surface area contributed by atoms with Gasteiger partial charge in [-0.1, -0.05) is 31.7 Å². The molecular weight excluding hydrogens is 485 g/mol. The third kappa shape index (κ3) is 7.55. The number of hydrogen-bond donors (Lipinski definition) is 2. The summed E-state index contributed by atoms with van der Waals surface area (Å²) in [6.07, 6.45) is 8.00. The first kappa shape index (κ1) is 26.7. The quantitative estimate of drug-likeness (QED) is 0.199. The third-order valence-electron chi connectivity index (χ3n) is 5.80. The number of aromatic nitrogens is 2. The molecule has 0 radical (unpaired) electrons. The van der Waals surface area contributed by atoms with Crippen LogP contribution in [-0.4, -0.2) is 40.5 Å². The van der Waals surface area contributed by atoms with Crippen LogP contribution in [-0.2, 0) is 4.79 Å². The molecule has 1 aliphatic rings. The fourth-order valence-electron chi connectivity index (χ4n) is 3.98. The molecule has 0 saturated carbocycles. The van der Waals surface area contributed by atoms with E-state index in [0.717, 1.165) is 43.4 Å². The molecule has 2 aromatic carbocycles. The molecule has 4 rings (SSSR count). The van der Waals surface area contributed by atoms with E-state index in [1.54, 1.807) is 24.3 Å². The Kier molecular flexibility index (Phi) is 9.28. The largest absolute Gasteiger partial charge is 0.493 e. The number of nitrogens with zero attached hydrogens (tertiary/aromatic N) is 3. The van der Waals surface area contributed by atoms with Gasteiger partial charge in [-0.3, -0.25) is 4.79 Å². The first-order valence-corrected chi connectivity index (χ1v) is 12.7. The Bertz CT molecular complexity index is 1300. The highest BCUT2D eigenvalue weighted by Gasteiger charge is 2.19. The Morgan fingerprint density at radius 2 is 1.97 bits per heavy atom. The van der Waals surface area contributed by atoms with E-state index >= 15 is 0 Å². The van der Waals surface area contributed by atoms with Gasteiger partial charge in [0.15, 0.2) is 0 Å². The Labute approximate surface area is 222 Å². The predicted molar refractivity (Wildman–Crippen MR) is 146 cm³/mol. The first-order valence-electron chi connectivity index (χ1n) is 12.7. The lowest BCUT2D eigenvalue weighted by molar-refractivity contribution is -0.127. The smallest absolute Gasteiger partial charge is 0.260 e. The number of ether oxygens (including phenoxy) is 2. The van der Waals surface area contributed by atoms with Gasteiger partial charge < -0.3 is 25.0 Å². The van der Waals surface area contributed by atoms with E-state index < -0.39 is 5.82 Å². The summed E-state index contributed by atoms with van der Waals surface area (Å²) in [6, 6.07) is 14.5. The lowest BCUT2D eigenvalue weighted by Gasteiger charge is -2.15. The Hall–Kier alpha value is -4.40. The highest BCUT2D eigenvalue weighted by Crippen LogP contribution is 2.27. The summed E-state index contributed by atoms with van der Waals surface area (Å²) < 4.78 is 26.1. The van der Waals surface area contributed by atoms with Crippen molar-refractivity contribution in [2.24, 2.45) is 0 Å². The molecule has 0 spiro atoms. The van der Waals surface area contributed by atoms with Crippen LogP contribution in [0.4, 0.5) is 21.7 Å². The summed E-state index contributed by atoms with van der Waals surface area (Å²) in [5, 5.41) is 6.31. The Morgan fingerprint density at radius 3 is 2.74 bits per heavy atom. The van der Waals surface area contributed by atoms with Gasteiger partial charge in [0.2, 0.25) is 17.7 Å². The molecule has 0 aliphatic carbocycles. The summed E-state index contributed by atoms with van der Waals surface area (Å²) in [5.41, 5.74) is 2.33. The minimum absolute atomic E-state index is 0.181. The summed E-state index contributed by atoms with van der Waals surface area (Å²) in [6.45, 7) is 7.87. The van der Waals surface area contributed by atoms with Gasteiger partial charge in [0.25, 0.3) is 5.88 Å². The molecule has 1 fully saturated rings. The molecule has 3 aromatic rings. The van der Waals surface area contributed by atoms with Crippen LogP contribution in [0.2, 0.25) is 0 Å². The molecule has 1 aromatic heterocycles. The van der Waals surface area contributed by atoms with Crippen LogP contribution in [0, 0.1) is 5.82 Å². The zero-order valence-electron chi connectivity index (χ0n) is 21.5. The number of benzene rings is 2. The molecule has 9 heteroatoms. The lowest BCUT2D eigenvalue weighted by Crippen LogP contribution is -2.26. The molecule has 8 nitrogen and oxygen atoms in total. The Morgan fingerprint density at radius 1 is 1.18 bits per heavy atom. The number of carbonyl (C=O) groups excluding carboxylic acids is 1. The lowest BCUT2D eigenvalue weighted by atomic mass is 10.2. The van der Waals surface area contributed by atoms with Crippen LogP contribution in [0.5, 0.6) is 17.4 Å². The maximum Gasteiger partial charge on any atom is 0.260 e. The predicted octanol–water partition coefficient (Wildman–Crippen LogP) is 6.43. The minimum Gasteiger partial charge on any atom is -0.493 e. The van der Waals surface area contributed by atoms with Crippen molar-refractivity contribution >= 4 is 23.2 Å². The molecule has 1 amide bonds. The van der Waals surface area contributed by atoms with Gasteiger partial charge >= 0.3 is 0 Å². The molecule has 0 unspecified atom stereocenters. The summed E-state index contributed by atoms with van der Waals surface area (Å²) >= 11 is 0. The maximum absolute atomic E-state index is 14.5. The number of anilines is 3. The molecule has 0 bridgehead atoms. The van der Waals surface area contributed by atoms with E-state index in [4.69, 9.17) is 9.47 Å². The van der Waals surface area contributed by atoms with Crippen LogP contribution >= 0.6 is 0 Å². The van der Waals surface area contributed by atoms with Gasteiger partial charge in [0, 0.05) is 48.7 Å². The second-order valence-corrected chi connectivity index (χ2v) is 8.71. The van der Waals surface area contributed by atoms with Crippen molar-refractivity contribution in [1.82, 2.24) is 14.9 Å². The van der Waals surface area contributed by atoms with Crippen molar-refractivity contribution in [2.75, 3.05) is 30.3 Å². The number of nitrogens with one attached hydrogen (secondary N) is 2. The van der Waals surface area contributed by atoms with E-state index in [2.05, 4.69) is 27.2 Å². The Balaban J connectivity index is 1.36. The topological polar surface area (TPSA) is 88.6 Å². The van der Waals surface area contributed by atoms with E-state index in [1.165, 1.54) is 0 Å². The van der Waals surface area contributed by atoms with Crippen LogP contribution in [0.1, 0.15) is 32.6 Å². The average Bonchev–Trinajstić information content (AvgIpc) is 3.33. The number of hydrogen-bond acceptors (Lipinski definition) is 7. The fraction of sp³-hybridized carbons (Fsp3) is 0.276. The highest BCUT2D eigenvalue weighted by molar-refractivity contribution is 5.78. The normalized spacial score (nSPS) is 13.4. The van der Waals surface area contributed by atoms with E-state index in [0.29, 0.717) is 36.8 Å². The van der Waals surface area contributed by atoms with Crippen molar-refractivity contribution in [3.63, 3.8) is 0 Å². The van der Waals surface area contributed by atoms with Crippen LogP contribution in [0.3, 0.4) is 0 Å². The molecule has 198 valence electrons. The number of allylic oxidation sites excluding steroid dienone is 2. The van der Waals surface area contributed by atoms with Crippen LogP contribution in [0.15, 0.2) is 79.2 Å². The molecule has 38 heavy (non-hydrogen) atoms. The van der Waals surface area contributed by atoms with Crippen LogP contribution in [0.25, 0.3) is 0 Å². The van der Waals surface area contributed by atoms with Crippen molar-refractivity contribution in [3.8, 4) is 17.4 Å². The van der Waals surface area contributed by atoms with E-state index in [9.17, 15) is 9.18 Å². The van der Waals surface area contributed by atoms with Gasteiger partial charge in [-0.25, -0.2) is 4.98 Å². The zero-order valence-corrected chi connectivity index (χ0v) is 21.5. The summed E-state index contributed by atoms with van der Waals surface area (Å²) in [4.78, 5) is 21.8. The van der Waals surface area contributed by atoms with Gasteiger partial charge in [0.05, 0.1) is 12.8 Å². The molecule has 2 heterocycles. The fourth-order valence-corrected chi connectivity index (χ4v) is 3.98. The number of halogens is 1. The van der Waals surface area contributed by atoms with Crippen molar-refractivity contribution in [2.45, 2.75) is 32.6 Å². The molecule has 1 aliphatic heterocycles. The van der Waals surface area contributed by atoms with Gasteiger partial charge in [-0.05, 0) is 49.6 Å². The molecule has 1 saturated heterocycles. The van der Waals surface area contributed by atoms with Gasteiger partial charge in [0.1, 0.15) is 11.5 Å². The summed E-state index contributed by atoms with van der Waals surface area (Å²) in [7, 11) is 0. The average molecular weight is 518 g/mol. The molecular formula is C29H32FN5O3. The van der Waals surface area contributed by atoms with Crippen molar-refractivity contribution in [1.29, 1.82) is 0 Å². The number of likely N-dealkylation sites (tertiary alicyclic amines) is 1. The number of amides is 1. The zero-order chi connectivity index (χ0) is 26.7. The monoisotopic (exact) mass is 517 g/mol. The second kappa shape index (κ2) is 13.2. The SMILES string of the molecule is C=C/C(=C/CC)Nc1cccc(Oc2nc(Nc3cccc(OCCCN4CCCC4=O)c3)ncc2F)c1. The third-order valence-corrected chi connectivity index (χ3v) is 5.80. The molecule has 0 atom stereocenters. The molecule has 2 N–H and O–H groups in total. The second-order valence-electron chi connectivity index (χ2n) is 8.71. The highest BCUT2D eigenvalue weighted by atomic mass is 19.1. The summed E-state index contributed by atoms with van der Waals surface area (Å²) in [5.74, 6) is 0.609. The minimum atomic E-state index is -0.680. The van der Waals surface area contributed by atoms with Gasteiger partial charge in [-0.2, -0.15) is 9.37 Å².